The van der Waals surface area contributed by atoms with E-state index in [0.29, 0.717) is 0 Å². The van der Waals surface area contributed by atoms with Crippen molar-refractivity contribution in [3.05, 3.63) is 0 Å². The number of aliphatic carboxylic acids is 1. The van der Waals surface area contributed by atoms with Crippen molar-refractivity contribution < 1.29 is 18.3 Å². The summed E-state index contributed by atoms with van der Waals surface area (Å²) in [5, 5.41) is 16.6. The standard InChI is InChI=1S/C6H9NO4S/c1-6(2,5(8)9)12(10,11)4-3-7/h4H2,1-2H3,(H,8,9). The monoisotopic (exact) mass is 191 g/mol. The van der Waals surface area contributed by atoms with Crippen molar-refractivity contribution in [2.24, 2.45) is 0 Å². The lowest BCUT2D eigenvalue weighted by molar-refractivity contribution is -0.139. The van der Waals surface area contributed by atoms with Crippen LogP contribution in [-0.2, 0) is 14.6 Å². The van der Waals surface area contributed by atoms with E-state index in [-0.39, 0.29) is 0 Å². The highest BCUT2D eigenvalue weighted by molar-refractivity contribution is 7.93. The highest BCUT2D eigenvalue weighted by atomic mass is 32.2. The zero-order chi connectivity index (χ0) is 9.99. The Labute approximate surface area is 70.5 Å². The highest BCUT2D eigenvalue weighted by Gasteiger charge is 2.41. The number of carbonyl (C=O) groups is 1. The second kappa shape index (κ2) is 3.11. The molecule has 0 aromatic carbocycles. The van der Waals surface area contributed by atoms with Gasteiger partial charge >= 0.3 is 5.97 Å². The predicted molar refractivity (Wildman–Crippen MR) is 41.1 cm³/mol. The largest absolute Gasteiger partial charge is 0.480 e. The van der Waals surface area contributed by atoms with Gasteiger partial charge in [-0.05, 0) is 13.8 Å². The lowest BCUT2D eigenvalue weighted by Gasteiger charge is -2.16. The summed E-state index contributed by atoms with van der Waals surface area (Å²) in [5.41, 5.74) is 0. The molecule has 5 nitrogen and oxygen atoms in total. The van der Waals surface area contributed by atoms with Crippen molar-refractivity contribution in [3.63, 3.8) is 0 Å². The average molecular weight is 191 g/mol. The third-order valence-corrected chi connectivity index (χ3v) is 3.79. The van der Waals surface area contributed by atoms with Gasteiger partial charge in [0.25, 0.3) is 0 Å². The van der Waals surface area contributed by atoms with Crippen LogP contribution in [0.2, 0.25) is 0 Å². The first-order chi connectivity index (χ1) is 5.25. The van der Waals surface area contributed by atoms with Crippen molar-refractivity contribution in [1.82, 2.24) is 0 Å². The van der Waals surface area contributed by atoms with Gasteiger partial charge in [-0.3, -0.25) is 4.79 Å². The zero-order valence-electron chi connectivity index (χ0n) is 6.73. The Morgan fingerprint density at radius 3 is 2.25 bits per heavy atom. The summed E-state index contributed by atoms with van der Waals surface area (Å²) in [4.78, 5) is 10.5. The molecule has 0 saturated carbocycles. The minimum atomic E-state index is -3.87. The van der Waals surface area contributed by atoms with Crippen LogP contribution in [0.25, 0.3) is 0 Å². The van der Waals surface area contributed by atoms with Crippen molar-refractivity contribution in [1.29, 1.82) is 5.26 Å². The van der Waals surface area contributed by atoms with Gasteiger partial charge in [-0.2, -0.15) is 5.26 Å². The molecule has 0 radical (unpaired) electrons. The van der Waals surface area contributed by atoms with Crippen LogP contribution >= 0.6 is 0 Å². The van der Waals surface area contributed by atoms with E-state index in [2.05, 4.69) is 0 Å². The van der Waals surface area contributed by atoms with Crippen LogP contribution < -0.4 is 0 Å². The van der Waals surface area contributed by atoms with Crippen LogP contribution in [-0.4, -0.2) is 30.0 Å². The number of hydrogen-bond acceptors (Lipinski definition) is 4. The smallest absolute Gasteiger partial charge is 0.324 e. The SMILES string of the molecule is CC(C)(C(=O)O)S(=O)(=O)CC#N. The number of hydrogen-bond donors (Lipinski definition) is 1. The molecule has 6 heteroatoms. The molecular formula is C6H9NO4S. The summed E-state index contributed by atoms with van der Waals surface area (Å²) in [5.74, 6) is -2.22. The van der Waals surface area contributed by atoms with E-state index in [1.54, 1.807) is 0 Å². The third-order valence-electron chi connectivity index (χ3n) is 1.55. The van der Waals surface area contributed by atoms with E-state index in [0.717, 1.165) is 13.8 Å². The Hall–Kier alpha value is -1.09. The minimum Gasteiger partial charge on any atom is -0.480 e. The minimum absolute atomic E-state index is 0.772. The number of sulfone groups is 1. The van der Waals surface area contributed by atoms with Crippen LogP contribution in [0.4, 0.5) is 0 Å². The maximum Gasteiger partial charge on any atom is 0.324 e. The van der Waals surface area contributed by atoms with Gasteiger partial charge in [0.2, 0.25) is 0 Å². The second-order valence-corrected chi connectivity index (χ2v) is 5.27. The molecule has 0 aliphatic heterocycles. The van der Waals surface area contributed by atoms with Crippen LogP contribution in [0, 0.1) is 11.3 Å². The van der Waals surface area contributed by atoms with Crippen LogP contribution in [0.5, 0.6) is 0 Å². The zero-order valence-corrected chi connectivity index (χ0v) is 7.55. The van der Waals surface area contributed by atoms with E-state index < -0.39 is 26.3 Å². The Morgan fingerprint density at radius 1 is 1.58 bits per heavy atom. The van der Waals surface area contributed by atoms with E-state index in [1.807, 2.05) is 0 Å². The predicted octanol–water partition coefficient (Wildman–Crippen LogP) is -0.212. The van der Waals surface area contributed by atoms with Crippen LogP contribution in [0.3, 0.4) is 0 Å². The van der Waals surface area contributed by atoms with Gasteiger partial charge in [0.05, 0.1) is 6.07 Å². The molecule has 0 rings (SSSR count). The quantitative estimate of drug-likeness (QED) is 0.665. The maximum absolute atomic E-state index is 11.1. The van der Waals surface area contributed by atoms with E-state index in [1.165, 1.54) is 6.07 Å². The van der Waals surface area contributed by atoms with Gasteiger partial charge in [-0.25, -0.2) is 8.42 Å². The normalized spacial score (nSPS) is 12.1. The Bertz CT molecular complexity index is 322. The van der Waals surface area contributed by atoms with Crippen molar-refractivity contribution in [2.75, 3.05) is 5.75 Å². The van der Waals surface area contributed by atoms with Crippen molar-refractivity contribution >= 4 is 15.8 Å². The molecule has 0 aromatic rings. The highest BCUT2D eigenvalue weighted by Crippen LogP contribution is 2.16. The summed E-state index contributed by atoms with van der Waals surface area (Å²) < 4.78 is 20.3. The summed E-state index contributed by atoms with van der Waals surface area (Å²) in [6.07, 6.45) is 0. The first-order valence-electron chi connectivity index (χ1n) is 3.08. The summed E-state index contributed by atoms with van der Waals surface area (Å²) >= 11 is 0. The molecule has 1 N–H and O–H groups in total. The van der Waals surface area contributed by atoms with Gasteiger partial charge in [0.15, 0.2) is 14.6 Å². The molecule has 0 aromatic heterocycles. The molecule has 0 bridgehead atoms. The van der Waals surface area contributed by atoms with E-state index >= 15 is 0 Å². The van der Waals surface area contributed by atoms with E-state index in [4.69, 9.17) is 10.4 Å². The molecule has 0 saturated heterocycles. The molecule has 0 heterocycles. The second-order valence-electron chi connectivity index (χ2n) is 2.73. The van der Waals surface area contributed by atoms with Gasteiger partial charge in [-0.1, -0.05) is 0 Å². The first kappa shape index (κ1) is 10.9. The van der Waals surface area contributed by atoms with Crippen LogP contribution in [0.1, 0.15) is 13.8 Å². The fourth-order valence-electron chi connectivity index (χ4n) is 0.398. The first-order valence-corrected chi connectivity index (χ1v) is 4.73. The van der Waals surface area contributed by atoms with Crippen molar-refractivity contribution in [2.45, 2.75) is 18.6 Å². The topological polar surface area (TPSA) is 95.2 Å². The van der Waals surface area contributed by atoms with E-state index in [9.17, 15) is 13.2 Å². The number of rotatable bonds is 3. The molecule has 0 aliphatic rings. The molecule has 0 unspecified atom stereocenters. The molecule has 12 heavy (non-hydrogen) atoms. The van der Waals surface area contributed by atoms with Gasteiger partial charge in [0.1, 0.15) is 5.75 Å². The van der Waals surface area contributed by atoms with Crippen LogP contribution in [0.15, 0.2) is 0 Å². The molecule has 0 aliphatic carbocycles. The number of carboxylic acid groups (broad SMARTS) is 1. The fraction of sp³-hybridized carbons (Fsp3) is 0.667. The molecule has 0 amide bonds. The lowest BCUT2D eigenvalue weighted by atomic mass is 10.2. The molecule has 0 fully saturated rings. The number of carboxylic acids is 1. The summed E-state index contributed by atoms with van der Waals surface area (Å²) in [7, 11) is -3.87. The lowest BCUT2D eigenvalue weighted by Crippen LogP contribution is -2.41. The maximum atomic E-state index is 11.1. The number of nitrogens with zero attached hydrogens (tertiary/aromatic N) is 1. The van der Waals surface area contributed by atoms with Gasteiger partial charge < -0.3 is 5.11 Å². The molecule has 0 spiro atoms. The summed E-state index contributed by atoms with van der Waals surface area (Å²) in [6.45, 7) is 2.12. The Balaban J connectivity index is 5.07. The third kappa shape index (κ3) is 1.74. The Morgan fingerprint density at radius 2 is 2.00 bits per heavy atom. The molecule has 0 atom stereocenters. The molecule has 68 valence electrons. The van der Waals surface area contributed by atoms with Crippen molar-refractivity contribution in [3.8, 4) is 6.07 Å². The Kier molecular flexibility index (Phi) is 2.83. The fourth-order valence-corrected chi connectivity index (χ4v) is 1.20. The molecular weight excluding hydrogens is 182 g/mol. The van der Waals surface area contributed by atoms with Gasteiger partial charge in [-0.15, -0.1) is 0 Å². The average Bonchev–Trinajstić information content (AvgIpc) is 1.86. The number of nitriles is 1. The summed E-state index contributed by atoms with van der Waals surface area (Å²) in [6, 6.07) is 1.42. The van der Waals surface area contributed by atoms with Gasteiger partial charge in [0, 0.05) is 0 Å².